The number of amides is 1. The Bertz CT molecular complexity index is 748. The standard InChI is InChI=1S/C24H37N3O4/c1-24(2,29)16-22(28)25-19-8-6-18(7-9-19)10-11-26-12-14-27(15-13-26)20-4-3-5-21-23(20)31-17-30-21/h3-5,18-19,29H,6-17H2,1-2H3,(H,25,28). The number of carbonyl (C=O) groups is 1. The van der Waals surface area contributed by atoms with Crippen molar-refractivity contribution in [1.29, 1.82) is 0 Å². The van der Waals surface area contributed by atoms with Gasteiger partial charge in [0.15, 0.2) is 11.5 Å². The SMILES string of the molecule is CC(C)(O)CC(=O)NC1CCC(CCN2CCN(c3cccc4c3OCO4)CC2)CC1. The Morgan fingerprint density at radius 1 is 1.13 bits per heavy atom. The summed E-state index contributed by atoms with van der Waals surface area (Å²) >= 11 is 0. The first kappa shape index (κ1) is 22.2. The molecule has 1 aromatic carbocycles. The highest BCUT2D eigenvalue weighted by Crippen LogP contribution is 2.41. The van der Waals surface area contributed by atoms with Gasteiger partial charge in [0.05, 0.1) is 17.7 Å². The number of nitrogens with zero attached hydrogens (tertiary/aromatic N) is 2. The molecule has 1 saturated carbocycles. The average molecular weight is 432 g/mol. The summed E-state index contributed by atoms with van der Waals surface area (Å²) in [5.41, 5.74) is 0.215. The van der Waals surface area contributed by atoms with Crippen molar-refractivity contribution in [3.8, 4) is 11.5 Å². The zero-order valence-corrected chi connectivity index (χ0v) is 18.9. The third kappa shape index (κ3) is 6.04. The van der Waals surface area contributed by atoms with Crippen LogP contribution in [0.1, 0.15) is 52.4 Å². The summed E-state index contributed by atoms with van der Waals surface area (Å²) in [6.45, 7) is 9.01. The first-order valence-corrected chi connectivity index (χ1v) is 11.7. The lowest BCUT2D eigenvalue weighted by Crippen LogP contribution is -2.47. The van der Waals surface area contributed by atoms with E-state index in [0.29, 0.717) is 6.79 Å². The summed E-state index contributed by atoms with van der Waals surface area (Å²) in [6, 6.07) is 6.41. The van der Waals surface area contributed by atoms with E-state index >= 15 is 0 Å². The van der Waals surface area contributed by atoms with E-state index in [1.165, 1.54) is 19.3 Å². The minimum atomic E-state index is -0.938. The highest BCUT2D eigenvalue weighted by molar-refractivity contribution is 5.77. The van der Waals surface area contributed by atoms with Crippen LogP contribution in [-0.2, 0) is 4.79 Å². The second-order valence-electron chi connectivity index (χ2n) is 9.90. The molecule has 3 aliphatic rings. The maximum absolute atomic E-state index is 12.0. The Morgan fingerprint density at radius 2 is 1.87 bits per heavy atom. The Hall–Kier alpha value is -1.99. The molecule has 2 aliphatic heterocycles. The van der Waals surface area contributed by atoms with E-state index in [2.05, 4.69) is 21.2 Å². The maximum atomic E-state index is 12.0. The van der Waals surface area contributed by atoms with Crippen LogP contribution in [0.15, 0.2) is 18.2 Å². The van der Waals surface area contributed by atoms with Gasteiger partial charge in [-0.25, -0.2) is 0 Å². The highest BCUT2D eigenvalue weighted by Gasteiger charge is 2.27. The topological polar surface area (TPSA) is 74.3 Å². The van der Waals surface area contributed by atoms with Crippen LogP contribution in [0.5, 0.6) is 11.5 Å². The van der Waals surface area contributed by atoms with Crippen molar-refractivity contribution in [1.82, 2.24) is 10.2 Å². The molecule has 1 aromatic rings. The number of nitrogens with one attached hydrogen (secondary N) is 1. The molecular formula is C24H37N3O4. The van der Waals surface area contributed by atoms with Crippen LogP contribution in [0.2, 0.25) is 0 Å². The van der Waals surface area contributed by atoms with Gasteiger partial charge in [-0.1, -0.05) is 6.07 Å². The molecule has 7 nitrogen and oxygen atoms in total. The van der Waals surface area contributed by atoms with E-state index in [0.717, 1.165) is 68.7 Å². The van der Waals surface area contributed by atoms with E-state index in [-0.39, 0.29) is 18.4 Å². The second-order valence-corrected chi connectivity index (χ2v) is 9.90. The van der Waals surface area contributed by atoms with Crippen molar-refractivity contribution in [3.63, 3.8) is 0 Å². The van der Waals surface area contributed by atoms with Gasteiger partial charge < -0.3 is 24.8 Å². The van der Waals surface area contributed by atoms with Gasteiger partial charge in [0.2, 0.25) is 12.7 Å². The van der Waals surface area contributed by atoms with Crippen LogP contribution in [0.25, 0.3) is 0 Å². The molecule has 4 rings (SSSR count). The molecule has 0 bridgehead atoms. The van der Waals surface area contributed by atoms with Crippen LogP contribution in [0.4, 0.5) is 5.69 Å². The lowest BCUT2D eigenvalue weighted by molar-refractivity contribution is -0.125. The van der Waals surface area contributed by atoms with Crippen molar-refractivity contribution in [3.05, 3.63) is 18.2 Å². The molecule has 31 heavy (non-hydrogen) atoms. The molecule has 172 valence electrons. The van der Waals surface area contributed by atoms with Gasteiger partial charge >= 0.3 is 0 Å². The summed E-state index contributed by atoms with van der Waals surface area (Å²) < 4.78 is 11.2. The van der Waals surface area contributed by atoms with Gasteiger partial charge in [0.1, 0.15) is 0 Å². The summed E-state index contributed by atoms with van der Waals surface area (Å²) in [7, 11) is 0. The summed E-state index contributed by atoms with van der Waals surface area (Å²) in [6.07, 6.45) is 5.88. The van der Waals surface area contributed by atoms with Gasteiger partial charge in [-0.05, 0) is 70.5 Å². The number of hydrogen-bond donors (Lipinski definition) is 2. The fourth-order valence-corrected chi connectivity index (χ4v) is 5.01. The monoisotopic (exact) mass is 431 g/mol. The van der Waals surface area contributed by atoms with Crippen LogP contribution in [-0.4, -0.2) is 67.1 Å². The molecule has 0 atom stereocenters. The number of benzene rings is 1. The first-order chi connectivity index (χ1) is 14.9. The van der Waals surface area contributed by atoms with Crippen molar-refractivity contribution in [2.24, 2.45) is 5.92 Å². The molecule has 0 unspecified atom stereocenters. The lowest BCUT2D eigenvalue weighted by Gasteiger charge is -2.37. The Kier molecular flexibility index (Phi) is 6.92. The summed E-state index contributed by atoms with van der Waals surface area (Å²) in [5, 5.41) is 12.9. The predicted molar refractivity (Wildman–Crippen MR) is 121 cm³/mol. The van der Waals surface area contributed by atoms with Crippen molar-refractivity contribution >= 4 is 11.6 Å². The fourth-order valence-electron chi connectivity index (χ4n) is 5.01. The van der Waals surface area contributed by atoms with Crippen LogP contribution < -0.4 is 19.7 Å². The number of fused-ring (bicyclic) bond motifs is 1. The number of para-hydroxylation sites is 1. The number of rotatable bonds is 7. The van der Waals surface area contributed by atoms with E-state index in [4.69, 9.17) is 9.47 Å². The number of piperazine rings is 1. The zero-order chi connectivity index (χ0) is 21.8. The Morgan fingerprint density at radius 3 is 2.58 bits per heavy atom. The van der Waals surface area contributed by atoms with Crippen LogP contribution >= 0.6 is 0 Å². The molecule has 0 spiro atoms. The summed E-state index contributed by atoms with van der Waals surface area (Å²) in [5.74, 6) is 2.47. The van der Waals surface area contributed by atoms with Gasteiger partial charge in [-0.3, -0.25) is 9.69 Å². The van der Waals surface area contributed by atoms with E-state index < -0.39 is 5.60 Å². The first-order valence-electron chi connectivity index (χ1n) is 11.7. The smallest absolute Gasteiger partial charge is 0.231 e. The van der Waals surface area contributed by atoms with Crippen LogP contribution in [0.3, 0.4) is 0 Å². The molecular weight excluding hydrogens is 394 g/mol. The maximum Gasteiger partial charge on any atom is 0.231 e. The second kappa shape index (κ2) is 9.65. The van der Waals surface area contributed by atoms with Gasteiger partial charge in [0.25, 0.3) is 0 Å². The Labute approximate surface area is 185 Å². The van der Waals surface area contributed by atoms with E-state index in [9.17, 15) is 9.90 Å². The number of hydrogen-bond acceptors (Lipinski definition) is 6. The fraction of sp³-hybridized carbons (Fsp3) is 0.708. The minimum absolute atomic E-state index is 0.0326. The number of ether oxygens (including phenoxy) is 2. The molecule has 1 saturated heterocycles. The minimum Gasteiger partial charge on any atom is -0.454 e. The average Bonchev–Trinajstić information content (AvgIpc) is 3.21. The number of anilines is 1. The quantitative estimate of drug-likeness (QED) is 0.692. The molecule has 2 heterocycles. The Balaban J connectivity index is 1.15. The molecule has 0 radical (unpaired) electrons. The summed E-state index contributed by atoms with van der Waals surface area (Å²) in [4.78, 5) is 17.0. The van der Waals surface area contributed by atoms with Crippen LogP contribution in [0, 0.1) is 5.92 Å². The van der Waals surface area contributed by atoms with Crippen molar-refractivity contribution < 1.29 is 19.4 Å². The third-order valence-electron chi connectivity index (χ3n) is 6.75. The molecule has 2 N–H and O–H groups in total. The molecule has 7 heteroatoms. The molecule has 1 aliphatic carbocycles. The van der Waals surface area contributed by atoms with Crippen molar-refractivity contribution in [2.45, 2.75) is 64.0 Å². The molecule has 2 fully saturated rings. The van der Waals surface area contributed by atoms with Crippen molar-refractivity contribution in [2.75, 3.05) is 44.4 Å². The number of aliphatic hydroxyl groups is 1. The van der Waals surface area contributed by atoms with E-state index in [1.54, 1.807) is 13.8 Å². The molecule has 1 amide bonds. The zero-order valence-electron chi connectivity index (χ0n) is 18.9. The third-order valence-corrected chi connectivity index (χ3v) is 6.75. The highest BCUT2D eigenvalue weighted by atomic mass is 16.7. The largest absolute Gasteiger partial charge is 0.454 e. The predicted octanol–water partition coefficient (Wildman–Crippen LogP) is 2.76. The molecule has 0 aromatic heterocycles. The van der Waals surface area contributed by atoms with Gasteiger partial charge in [-0.2, -0.15) is 0 Å². The van der Waals surface area contributed by atoms with Gasteiger partial charge in [-0.15, -0.1) is 0 Å². The normalized spacial score (nSPS) is 24.3. The lowest BCUT2D eigenvalue weighted by atomic mass is 9.84. The van der Waals surface area contributed by atoms with Gasteiger partial charge in [0, 0.05) is 32.2 Å². The number of carbonyl (C=O) groups excluding carboxylic acids is 1. The van der Waals surface area contributed by atoms with E-state index in [1.807, 2.05) is 12.1 Å².